The molecule has 0 unspecified atom stereocenters. The number of hydrogen-bond acceptors (Lipinski definition) is 3. The molecule has 0 N–H and O–H groups in total. The molecule has 1 saturated heterocycles. The standard InChI is InChI=1S/C21H22ClNO2/c22-19-8-6-17(7-9-19)20(24)14-21(25)18-10-12-23(13-11-18)15-16-4-2-1-3-5-16/h1-9,18H,10-15H2. The molecule has 2 aromatic rings. The zero-order valence-corrected chi connectivity index (χ0v) is 14.9. The van der Waals surface area contributed by atoms with Gasteiger partial charge in [0.2, 0.25) is 0 Å². The predicted molar refractivity (Wildman–Crippen MR) is 99.8 cm³/mol. The molecule has 1 aliphatic rings. The van der Waals surface area contributed by atoms with Gasteiger partial charge in [-0.3, -0.25) is 14.5 Å². The summed E-state index contributed by atoms with van der Waals surface area (Å²) < 4.78 is 0. The van der Waals surface area contributed by atoms with Gasteiger partial charge in [0.05, 0.1) is 6.42 Å². The van der Waals surface area contributed by atoms with E-state index in [1.54, 1.807) is 24.3 Å². The maximum atomic E-state index is 12.4. The topological polar surface area (TPSA) is 37.4 Å². The maximum absolute atomic E-state index is 12.4. The summed E-state index contributed by atoms with van der Waals surface area (Å²) in [5.41, 5.74) is 1.85. The van der Waals surface area contributed by atoms with Crippen molar-refractivity contribution in [2.24, 2.45) is 5.92 Å². The number of halogens is 1. The van der Waals surface area contributed by atoms with Crippen molar-refractivity contribution in [3.8, 4) is 0 Å². The number of Topliss-reactive ketones (excluding diaryl/α,β-unsaturated/α-hetero) is 2. The lowest BCUT2D eigenvalue weighted by Gasteiger charge is -2.31. The van der Waals surface area contributed by atoms with E-state index in [-0.39, 0.29) is 23.9 Å². The summed E-state index contributed by atoms with van der Waals surface area (Å²) in [6, 6.07) is 17.1. The molecule has 3 nitrogen and oxygen atoms in total. The number of piperidine rings is 1. The highest BCUT2D eigenvalue weighted by Gasteiger charge is 2.26. The van der Waals surface area contributed by atoms with Crippen LogP contribution in [0.15, 0.2) is 54.6 Å². The molecule has 0 bridgehead atoms. The van der Waals surface area contributed by atoms with Gasteiger partial charge in [-0.15, -0.1) is 0 Å². The Hall–Kier alpha value is -1.97. The molecule has 0 amide bonds. The number of likely N-dealkylation sites (tertiary alicyclic amines) is 1. The van der Waals surface area contributed by atoms with Crippen molar-refractivity contribution in [3.63, 3.8) is 0 Å². The highest BCUT2D eigenvalue weighted by Crippen LogP contribution is 2.22. The van der Waals surface area contributed by atoms with Crippen LogP contribution < -0.4 is 0 Å². The minimum atomic E-state index is -0.117. The van der Waals surface area contributed by atoms with Crippen LogP contribution in [0.1, 0.15) is 35.2 Å². The van der Waals surface area contributed by atoms with E-state index in [1.807, 2.05) is 18.2 Å². The number of benzene rings is 2. The molecule has 1 aliphatic heterocycles. The zero-order valence-electron chi connectivity index (χ0n) is 14.2. The molecule has 0 atom stereocenters. The van der Waals surface area contributed by atoms with Gasteiger partial charge in [0.1, 0.15) is 5.78 Å². The summed E-state index contributed by atoms with van der Waals surface area (Å²) in [6.07, 6.45) is 1.66. The van der Waals surface area contributed by atoms with Crippen molar-refractivity contribution < 1.29 is 9.59 Å². The molecular weight excluding hydrogens is 334 g/mol. The number of carbonyl (C=O) groups excluding carboxylic acids is 2. The molecule has 25 heavy (non-hydrogen) atoms. The molecule has 0 radical (unpaired) electrons. The van der Waals surface area contributed by atoms with Crippen molar-refractivity contribution in [3.05, 3.63) is 70.7 Å². The van der Waals surface area contributed by atoms with Crippen molar-refractivity contribution >= 4 is 23.2 Å². The molecule has 0 aromatic heterocycles. The van der Waals surface area contributed by atoms with E-state index in [2.05, 4.69) is 17.0 Å². The molecule has 1 heterocycles. The van der Waals surface area contributed by atoms with Crippen LogP contribution in [0.3, 0.4) is 0 Å². The van der Waals surface area contributed by atoms with Crippen molar-refractivity contribution in [2.75, 3.05) is 13.1 Å². The fraction of sp³-hybridized carbons (Fsp3) is 0.333. The normalized spacial score (nSPS) is 15.9. The van der Waals surface area contributed by atoms with Gasteiger partial charge >= 0.3 is 0 Å². The smallest absolute Gasteiger partial charge is 0.170 e. The van der Waals surface area contributed by atoms with Crippen molar-refractivity contribution in [2.45, 2.75) is 25.8 Å². The van der Waals surface area contributed by atoms with Crippen molar-refractivity contribution in [1.82, 2.24) is 4.90 Å². The Morgan fingerprint density at radius 2 is 1.60 bits per heavy atom. The van der Waals surface area contributed by atoms with Crippen LogP contribution in [-0.2, 0) is 11.3 Å². The summed E-state index contributed by atoms with van der Waals surface area (Å²) in [4.78, 5) is 27.1. The molecule has 0 saturated carbocycles. The summed E-state index contributed by atoms with van der Waals surface area (Å²) in [6.45, 7) is 2.73. The first kappa shape index (κ1) is 17.8. The first-order valence-corrected chi connectivity index (χ1v) is 9.07. The van der Waals surface area contributed by atoms with Crippen LogP contribution in [-0.4, -0.2) is 29.6 Å². The molecule has 0 aliphatic carbocycles. The summed E-state index contributed by atoms with van der Waals surface area (Å²) in [5, 5.41) is 0.591. The second kappa shape index (κ2) is 8.41. The van der Waals surface area contributed by atoms with Crippen LogP contribution in [0, 0.1) is 5.92 Å². The predicted octanol–water partition coefficient (Wildman–Crippen LogP) is 4.39. The summed E-state index contributed by atoms with van der Waals surface area (Å²) in [5.74, 6) is -0.0454. The zero-order chi connectivity index (χ0) is 17.6. The van der Waals surface area contributed by atoms with Gasteiger partial charge in [-0.25, -0.2) is 0 Å². The monoisotopic (exact) mass is 355 g/mol. The molecule has 0 spiro atoms. The number of hydrogen-bond donors (Lipinski definition) is 0. The second-order valence-corrected chi connectivity index (χ2v) is 7.05. The minimum absolute atomic E-state index is 0.00303. The van der Waals surface area contributed by atoms with Crippen molar-refractivity contribution in [1.29, 1.82) is 0 Å². The average Bonchev–Trinajstić information content (AvgIpc) is 2.63. The molecule has 2 aromatic carbocycles. The van der Waals surface area contributed by atoms with E-state index < -0.39 is 0 Å². The lowest BCUT2D eigenvalue weighted by molar-refractivity contribution is -0.123. The Kier molecular flexibility index (Phi) is 6.00. The first-order valence-electron chi connectivity index (χ1n) is 8.69. The lowest BCUT2D eigenvalue weighted by atomic mass is 9.89. The molecule has 1 fully saturated rings. The Bertz CT molecular complexity index is 719. The van der Waals surface area contributed by atoms with E-state index >= 15 is 0 Å². The van der Waals surface area contributed by atoms with Gasteiger partial charge in [0, 0.05) is 23.0 Å². The lowest BCUT2D eigenvalue weighted by Crippen LogP contribution is -2.36. The van der Waals surface area contributed by atoms with Gasteiger partial charge in [0.25, 0.3) is 0 Å². The molecular formula is C21H22ClNO2. The van der Waals surface area contributed by atoms with Gasteiger partial charge in [-0.2, -0.15) is 0 Å². The van der Waals surface area contributed by atoms with Crippen LogP contribution in [0.4, 0.5) is 0 Å². The third kappa shape index (κ3) is 5.00. The van der Waals surface area contributed by atoms with Crippen LogP contribution >= 0.6 is 11.6 Å². The van der Waals surface area contributed by atoms with Gasteiger partial charge in [-0.1, -0.05) is 41.9 Å². The highest BCUT2D eigenvalue weighted by atomic mass is 35.5. The van der Waals surface area contributed by atoms with E-state index in [9.17, 15) is 9.59 Å². The number of rotatable bonds is 6. The van der Waals surface area contributed by atoms with Gasteiger partial charge in [-0.05, 0) is 55.8 Å². The fourth-order valence-electron chi connectivity index (χ4n) is 3.30. The third-order valence-corrected chi connectivity index (χ3v) is 5.04. The Morgan fingerprint density at radius 3 is 2.24 bits per heavy atom. The first-order chi connectivity index (χ1) is 12.1. The van der Waals surface area contributed by atoms with Crippen LogP contribution in [0.2, 0.25) is 5.02 Å². The number of ketones is 2. The van der Waals surface area contributed by atoms with E-state index in [0.717, 1.165) is 32.5 Å². The molecule has 4 heteroatoms. The van der Waals surface area contributed by atoms with E-state index in [4.69, 9.17) is 11.6 Å². The number of carbonyl (C=O) groups is 2. The van der Waals surface area contributed by atoms with E-state index in [1.165, 1.54) is 5.56 Å². The number of nitrogens with zero attached hydrogens (tertiary/aromatic N) is 1. The fourth-order valence-corrected chi connectivity index (χ4v) is 3.42. The minimum Gasteiger partial charge on any atom is -0.299 e. The van der Waals surface area contributed by atoms with Gasteiger partial charge in [0.15, 0.2) is 5.78 Å². The summed E-state index contributed by atoms with van der Waals surface area (Å²) in [7, 11) is 0. The summed E-state index contributed by atoms with van der Waals surface area (Å²) >= 11 is 5.83. The largest absolute Gasteiger partial charge is 0.299 e. The van der Waals surface area contributed by atoms with Gasteiger partial charge < -0.3 is 0 Å². The Morgan fingerprint density at radius 1 is 0.960 bits per heavy atom. The maximum Gasteiger partial charge on any atom is 0.170 e. The van der Waals surface area contributed by atoms with Crippen LogP contribution in [0.5, 0.6) is 0 Å². The quantitative estimate of drug-likeness (QED) is 0.569. The Balaban J connectivity index is 1.48. The average molecular weight is 356 g/mol. The Labute approximate surface area is 153 Å². The highest BCUT2D eigenvalue weighted by molar-refractivity contribution is 6.30. The second-order valence-electron chi connectivity index (χ2n) is 6.61. The molecule has 130 valence electrons. The van der Waals surface area contributed by atoms with E-state index in [0.29, 0.717) is 10.6 Å². The SMILES string of the molecule is O=C(CC(=O)C1CCN(Cc2ccccc2)CC1)c1ccc(Cl)cc1. The third-order valence-electron chi connectivity index (χ3n) is 4.79. The van der Waals surface area contributed by atoms with Crippen LogP contribution in [0.25, 0.3) is 0 Å². The molecule has 3 rings (SSSR count).